The molecule has 1 amide bonds. The molecule has 1 aliphatic heterocycles. The van der Waals surface area contributed by atoms with Crippen molar-refractivity contribution in [3.05, 3.63) is 72.3 Å². The van der Waals surface area contributed by atoms with E-state index in [1.54, 1.807) is 11.1 Å². The number of fused-ring (bicyclic) bond motifs is 1. The van der Waals surface area contributed by atoms with Crippen LogP contribution in [0.15, 0.2) is 61.1 Å². The molecule has 10 nitrogen and oxygen atoms in total. The van der Waals surface area contributed by atoms with Crippen LogP contribution >= 0.6 is 0 Å². The topological polar surface area (TPSA) is 113 Å². The number of likely N-dealkylation sites (N-methyl/N-ethyl adjacent to an activating group) is 1. The van der Waals surface area contributed by atoms with E-state index < -0.39 is 6.61 Å². The Balaban J connectivity index is 1.36. The Bertz CT molecular complexity index is 1460. The summed E-state index contributed by atoms with van der Waals surface area (Å²) in [5.41, 5.74) is 3.45. The Hall–Kier alpha value is -4.28. The molecule has 1 atom stereocenters. The molecule has 2 N–H and O–H groups in total. The SMILES string of the molecule is Cc1ccc(Oc2ccc(Nc3ncnc4cccc(OC[C@H]5CN(C)CCN5C(=O)CO)c34)cc2C)cn1. The van der Waals surface area contributed by atoms with Gasteiger partial charge in [0.25, 0.3) is 0 Å². The lowest BCUT2D eigenvalue weighted by Crippen LogP contribution is -2.56. The second kappa shape index (κ2) is 11.6. The number of hydrogen-bond donors (Lipinski definition) is 2. The zero-order valence-corrected chi connectivity index (χ0v) is 22.3. The van der Waals surface area contributed by atoms with Crippen LogP contribution in [-0.2, 0) is 4.79 Å². The minimum absolute atomic E-state index is 0.182. The van der Waals surface area contributed by atoms with E-state index in [0.717, 1.165) is 40.1 Å². The Morgan fingerprint density at radius 2 is 1.95 bits per heavy atom. The number of aliphatic hydroxyl groups excluding tert-OH is 1. The molecule has 1 saturated heterocycles. The summed E-state index contributed by atoms with van der Waals surface area (Å²) in [7, 11) is 2.01. The summed E-state index contributed by atoms with van der Waals surface area (Å²) in [6, 6.07) is 15.1. The van der Waals surface area contributed by atoms with E-state index in [4.69, 9.17) is 9.47 Å². The van der Waals surface area contributed by atoms with Gasteiger partial charge in [0.15, 0.2) is 0 Å². The summed E-state index contributed by atoms with van der Waals surface area (Å²) in [5.74, 6) is 2.35. The van der Waals surface area contributed by atoms with Gasteiger partial charge < -0.3 is 29.7 Å². The summed E-state index contributed by atoms with van der Waals surface area (Å²) in [6.07, 6.45) is 3.22. The molecular formula is C29H32N6O4. The van der Waals surface area contributed by atoms with Crippen LogP contribution in [0.25, 0.3) is 10.9 Å². The highest BCUT2D eigenvalue weighted by Gasteiger charge is 2.29. The molecule has 2 aromatic carbocycles. The number of aromatic nitrogens is 3. The van der Waals surface area contributed by atoms with E-state index >= 15 is 0 Å². The molecule has 202 valence electrons. The molecule has 5 rings (SSSR count). The van der Waals surface area contributed by atoms with E-state index in [2.05, 4.69) is 25.2 Å². The maximum absolute atomic E-state index is 12.3. The van der Waals surface area contributed by atoms with Crippen molar-refractivity contribution in [1.29, 1.82) is 0 Å². The number of nitrogens with one attached hydrogen (secondary N) is 1. The van der Waals surface area contributed by atoms with Crippen molar-refractivity contribution in [2.24, 2.45) is 0 Å². The standard InChI is InChI=1S/C29H32N6O4/c1-19-13-21(8-10-25(19)39-23-9-7-20(2)30-14-23)33-29-28-24(31-18-32-29)5-4-6-26(28)38-17-22-15-34(3)11-12-35(22)27(37)16-36/h4-10,13-14,18,22,36H,11-12,15-17H2,1-3H3,(H,31,32,33)/t22-/m1/s1. The van der Waals surface area contributed by atoms with Gasteiger partial charge in [0, 0.05) is 31.0 Å². The van der Waals surface area contributed by atoms with Crippen LogP contribution in [0, 0.1) is 13.8 Å². The molecule has 0 radical (unpaired) electrons. The highest BCUT2D eigenvalue weighted by Crippen LogP contribution is 2.33. The van der Waals surface area contributed by atoms with Crippen molar-refractivity contribution >= 4 is 28.3 Å². The largest absolute Gasteiger partial charge is 0.491 e. The van der Waals surface area contributed by atoms with Gasteiger partial charge >= 0.3 is 0 Å². The molecule has 0 saturated carbocycles. The number of amides is 1. The first-order chi connectivity index (χ1) is 18.9. The van der Waals surface area contributed by atoms with Crippen molar-refractivity contribution in [2.75, 3.05) is 45.2 Å². The Kier molecular flexibility index (Phi) is 7.85. The van der Waals surface area contributed by atoms with Crippen LogP contribution in [0.5, 0.6) is 17.2 Å². The number of carbonyl (C=O) groups excluding carboxylic acids is 1. The third-order valence-electron chi connectivity index (χ3n) is 6.75. The fraction of sp³-hybridized carbons (Fsp3) is 0.310. The molecule has 0 unspecified atom stereocenters. The number of ether oxygens (including phenoxy) is 2. The highest BCUT2D eigenvalue weighted by atomic mass is 16.5. The summed E-state index contributed by atoms with van der Waals surface area (Å²) >= 11 is 0. The molecule has 3 heterocycles. The van der Waals surface area contributed by atoms with E-state index in [-0.39, 0.29) is 18.6 Å². The number of anilines is 2. The second-order valence-corrected chi connectivity index (χ2v) is 9.69. The van der Waals surface area contributed by atoms with Gasteiger partial charge in [-0.1, -0.05) is 6.07 Å². The Labute approximate surface area is 227 Å². The van der Waals surface area contributed by atoms with Crippen molar-refractivity contribution in [3.63, 3.8) is 0 Å². The smallest absolute Gasteiger partial charge is 0.248 e. The minimum atomic E-state index is -0.512. The Morgan fingerprint density at radius 1 is 1.08 bits per heavy atom. The molecule has 39 heavy (non-hydrogen) atoms. The number of pyridine rings is 1. The maximum atomic E-state index is 12.3. The Morgan fingerprint density at radius 3 is 2.72 bits per heavy atom. The van der Waals surface area contributed by atoms with E-state index in [1.165, 1.54) is 6.33 Å². The number of aliphatic hydroxyl groups is 1. The number of carbonyl (C=O) groups is 1. The fourth-order valence-electron chi connectivity index (χ4n) is 4.67. The monoisotopic (exact) mass is 528 g/mol. The summed E-state index contributed by atoms with van der Waals surface area (Å²) < 4.78 is 12.3. The summed E-state index contributed by atoms with van der Waals surface area (Å²) in [5, 5.41) is 13.6. The molecule has 2 aromatic heterocycles. The van der Waals surface area contributed by atoms with Crippen molar-refractivity contribution in [1.82, 2.24) is 24.8 Å². The zero-order valence-electron chi connectivity index (χ0n) is 22.3. The van der Waals surface area contributed by atoms with Crippen LogP contribution in [0.3, 0.4) is 0 Å². The first-order valence-corrected chi connectivity index (χ1v) is 12.8. The zero-order chi connectivity index (χ0) is 27.4. The number of piperazine rings is 1. The van der Waals surface area contributed by atoms with Crippen LogP contribution in [0.1, 0.15) is 11.3 Å². The lowest BCUT2D eigenvalue weighted by atomic mass is 10.1. The van der Waals surface area contributed by atoms with Crippen molar-refractivity contribution in [2.45, 2.75) is 19.9 Å². The number of hydrogen-bond acceptors (Lipinski definition) is 9. The molecule has 0 bridgehead atoms. The number of aryl methyl sites for hydroxylation is 2. The minimum Gasteiger partial charge on any atom is -0.491 e. The first-order valence-electron chi connectivity index (χ1n) is 12.8. The molecule has 1 fully saturated rings. The third-order valence-corrected chi connectivity index (χ3v) is 6.75. The first kappa shape index (κ1) is 26.3. The van der Waals surface area contributed by atoms with Gasteiger partial charge in [0.2, 0.25) is 5.91 Å². The van der Waals surface area contributed by atoms with Crippen LogP contribution in [0.4, 0.5) is 11.5 Å². The van der Waals surface area contributed by atoms with Crippen LogP contribution in [-0.4, -0.2) is 81.7 Å². The highest BCUT2D eigenvalue weighted by molar-refractivity contribution is 5.95. The summed E-state index contributed by atoms with van der Waals surface area (Å²) in [6.45, 7) is 5.65. The quantitative estimate of drug-likeness (QED) is 0.353. The fourth-order valence-corrected chi connectivity index (χ4v) is 4.67. The van der Waals surface area contributed by atoms with E-state index in [1.807, 2.05) is 69.4 Å². The molecule has 0 aliphatic carbocycles. The van der Waals surface area contributed by atoms with Crippen LogP contribution in [0.2, 0.25) is 0 Å². The predicted octanol–water partition coefficient (Wildman–Crippen LogP) is 3.69. The third kappa shape index (κ3) is 6.08. The van der Waals surface area contributed by atoms with E-state index in [0.29, 0.717) is 30.4 Å². The average molecular weight is 529 g/mol. The van der Waals surface area contributed by atoms with Gasteiger partial charge in [0.05, 0.1) is 23.1 Å². The van der Waals surface area contributed by atoms with Gasteiger partial charge in [-0.3, -0.25) is 9.78 Å². The van der Waals surface area contributed by atoms with Crippen LogP contribution < -0.4 is 14.8 Å². The molecule has 10 heteroatoms. The van der Waals surface area contributed by atoms with Gasteiger partial charge in [-0.25, -0.2) is 9.97 Å². The molecule has 0 spiro atoms. The van der Waals surface area contributed by atoms with Gasteiger partial charge in [-0.15, -0.1) is 0 Å². The number of rotatable bonds is 8. The molecule has 4 aromatic rings. The lowest BCUT2D eigenvalue weighted by molar-refractivity contribution is -0.139. The predicted molar refractivity (Wildman–Crippen MR) is 149 cm³/mol. The van der Waals surface area contributed by atoms with Gasteiger partial charge in [0.1, 0.15) is 42.6 Å². The number of benzene rings is 2. The maximum Gasteiger partial charge on any atom is 0.248 e. The van der Waals surface area contributed by atoms with Crippen molar-refractivity contribution in [3.8, 4) is 17.2 Å². The summed E-state index contributed by atoms with van der Waals surface area (Å²) in [4.78, 5) is 29.4. The number of nitrogens with zero attached hydrogens (tertiary/aromatic N) is 5. The van der Waals surface area contributed by atoms with Gasteiger partial charge in [-0.2, -0.15) is 0 Å². The average Bonchev–Trinajstić information content (AvgIpc) is 2.94. The second-order valence-electron chi connectivity index (χ2n) is 9.69. The lowest BCUT2D eigenvalue weighted by Gasteiger charge is -2.39. The van der Waals surface area contributed by atoms with Crippen molar-refractivity contribution < 1.29 is 19.4 Å². The normalized spacial score (nSPS) is 15.8. The van der Waals surface area contributed by atoms with Gasteiger partial charge in [-0.05, 0) is 68.9 Å². The molecule has 1 aliphatic rings. The molecular weight excluding hydrogens is 496 g/mol. The van der Waals surface area contributed by atoms with E-state index in [9.17, 15) is 9.90 Å².